The second-order valence-electron chi connectivity index (χ2n) is 4.94. The second-order valence-corrected chi connectivity index (χ2v) is 7.02. The summed E-state index contributed by atoms with van der Waals surface area (Å²) in [5.74, 6) is 0.590. The van der Waals surface area contributed by atoms with Gasteiger partial charge in [-0.3, -0.25) is 0 Å². The van der Waals surface area contributed by atoms with E-state index in [9.17, 15) is 8.42 Å². The largest absolute Gasteiger partial charge is 0.392 e. The Morgan fingerprint density at radius 3 is 2.67 bits per heavy atom. The van der Waals surface area contributed by atoms with Crippen LogP contribution in [0.15, 0.2) is 36.7 Å². The zero-order valence-electron chi connectivity index (χ0n) is 12.1. The van der Waals surface area contributed by atoms with Crippen LogP contribution in [0, 0.1) is 0 Å². The molecule has 1 heterocycles. The van der Waals surface area contributed by atoms with E-state index in [0.29, 0.717) is 17.0 Å². The molecular formula is C14H19N3O3S. The fraction of sp³-hybridized carbons (Fsp3) is 0.357. The van der Waals surface area contributed by atoms with Crippen LogP contribution in [0.5, 0.6) is 0 Å². The zero-order valence-corrected chi connectivity index (χ0v) is 12.9. The number of aliphatic hydroxyl groups is 1. The lowest BCUT2D eigenvalue weighted by atomic mass is 10.1. The van der Waals surface area contributed by atoms with E-state index in [0.717, 1.165) is 0 Å². The summed E-state index contributed by atoms with van der Waals surface area (Å²) >= 11 is 0. The number of rotatable bonds is 6. The quantitative estimate of drug-likeness (QED) is 0.859. The highest BCUT2D eigenvalue weighted by molar-refractivity contribution is 7.88. The Labute approximate surface area is 124 Å². The molecule has 21 heavy (non-hydrogen) atoms. The molecule has 0 atom stereocenters. The van der Waals surface area contributed by atoms with Crippen LogP contribution in [0.3, 0.4) is 0 Å². The van der Waals surface area contributed by atoms with E-state index in [1.165, 1.54) is 4.31 Å². The number of aromatic nitrogens is 2. The molecule has 6 nitrogen and oxygen atoms in total. The van der Waals surface area contributed by atoms with Crippen molar-refractivity contribution in [1.82, 2.24) is 13.9 Å². The first-order valence-corrected chi connectivity index (χ1v) is 8.12. The van der Waals surface area contributed by atoms with Crippen LogP contribution in [0.1, 0.15) is 17.0 Å². The Morgan fingerprint density at radius 2 is 2.05 bits per heavy atom. The Bertz CT molecular complexity index is 710. The number of nitrogens with zero attached hydrogens (tertiary/aromatic N) is 3. The molecule has 2 aromatic rings. The summed E-state index contributed by atoms with van der Waals surface area (Å²) in [4.78, 5) is 4.13. The maximum atomic E-state index is 12.4. The molecule has 1 N–H and O–H groups in total. The van der Waals surface area contributed by atoms with Gasteiger partial charge in [-0.1, -0.05) is 24.3 Å². The van der Waals surface area contributed by atoms with Gasteiger partial charge in [0.05, 0.1) is 18.9 Å². The van der Waals surface area contributed by atoms with Crippen LogP contribution >= 0.6 is 0 Å². The minimum absolute atomic E-state index is 0.0955. The number of sulfonamides is 1. The Balaban J connectivity index is 2.12. The minimum Gasteiger partial charge on any atom is -0.392 e. The molecule has 2 rings (SSSR count). The molecule has 7 heteroatoms. The Morgan fingerprint density at radius 1 is 1.33 bits per heavy atom. The van der Waals surface area contributed by atoms with E-state index in [1.807, 2.05) is 7.05 Å². The molecule has 114 valence electrons. The third kappa shape index (κ3) is 3.90. The van der Waals surface area contributed by atoms with E-state index in [4.69, 9.17) is 5.11 Å². The topological polar surface area (TPSA) is 75.4 Å². The molecule has 0 saturated heterocycles. The van der Waals surface area contributed by atoms with Gasteiger partial charge in [0.2, 0.25) is 10.0 Å². The highest BCUT2D eigenvalue weighted by Crippen LogP contribution is 2.13. The SMILES string of the molecule is CN(Cc1nccn1C)S(=O)(=O)Cc1cccc(CO)c1. The number of hydrogen-bond acceptors (Lipinski definition) is 4. The molecule has 0 bridgehead atoms. The molecule has 0 saturated carbocycles. The lowest BCUT2D eigenvalue weighted by Crippen LogP contribution is -2.28. The average Bonchev–Trinajstić information content (AvgIpc) is 2.84. The van der Waals surface area contributed by atoms with Crippen molar-refractivity contribution in [3.05, 3.63) is 53.6 Å². The lowest BCUT2D eigenvalue weighted by molar-refractivity contribution is 0.281. The van der Waals surface area contributed by atoms with Gasteiger partial charge < -0.3 is 9.67 Å². The standard InChI is InChI=1S/C14H19N3O3S/c1-16-7-6-15-14(16)9-17(2)21(19,20)11-13-5-3-4-12(8-13)10-18/h3-8,18H,9-11H2,1-2H3. The maximum absolute atomic E-state index is 12.4. The summed E-state index contributed by atoms with van der Waals surface area (Å²) in [5.41, 5.74) is 1.36. The van der Waals surface area contributed by atoms with Gasteiger partial charge >= 0.3 is 0 Å². The summed E-state index contributed by atoms with van der Waals surface area (Å²) in [6, 6.07) is 6.94. The van der Waals surface area contributed by atoms with E-state index in [1.54, 1.807) is 48.3 Å². The van der Waals surface area contributed by atoms with E-state index in [-0.39, 0.29) is 18.9 Å². The molecule has 0 amide bonds. The molecule has 0 unspecified atom stereocenters. The monoisotopic (exact) mass is 309 g/mol. The van der Waals surface area contributed by atoms with Crippen LogP contribution in [-0.4, -0.2) is 34.4 Å². The maximum Gasteiger partial charge on any atom is 0.218 e. The number of hydrogen-bond donors (Lipinski definition) is 1. The van der Waals surface area contributed by atoms with E-state index in [2.05, 4.69) is 4.98 Å². The fourth-order valence-electron chi connectivity index (χ4n) is 1.98. The lowest BCUT2D eigenvalue weighted by Gasteiger charge is -2.17. The minimum atomic E-state index is -3.43. The smallest absolute Gasteiger partial charge is 0.218 e. The normalized spacial score (nSPS) is 12.0. The summed E-state index contributed by atoms with van der Waals surface area (Å²) < 4.78 is 27.8. The van der Waals surface area contributed by atoms with Gasteiger partial charge in [-0.25, -0.2) is 13.4 Å². The number of benzene rings is 1. The van der Waals surface area contributed by atoms with Crippen LogP contribution in [-0.2, 0) is 36.0 Å². The van der Waals surface area contributed by atoms with E-state index < -0.39 is 10.0 Å². The average molecular weight is 309 g/mol. The summed E-state index contributed by atoms with van der Waals surface area (Å²) in [6.45, 7) is 0.128. The Kier molecular flexibility index (Phi) is 4.76. The predicted molar refractivity (Wildman–Crippen MR) is 79.7 cm³/mol. The van der Waals surface area contributed by atoms with Gasteiger partial charge in [-0.2, -0.15) is 4.31 Å². The molecule has 1 aromatic heterocycles. The number of imidazole rings is 1. The first kappa shape index (κ1) is 15.7. The molecule has 0 fully saturated rings. The van der Waals surface area contributed by atoms with Crippen LogP contribution < -0.4 is 0 Å². The number of aliphatic hydroxyl groups excluding tert-OH is 1. The van der Waals surface area contributed by atoms with Crippen molar-refractivity contribution in [3.8, 4) is 0 Å². The Hall–Kier alpha value is -1.70. The molecule has 0 aliphatic rings. The predicted octanol–water partition coefficient (Wildman–Crippen LogP) is 0.874. The van der Waals surface area contributed by atoms with Crippen LogP contribution in [0.4, 0.5) is 0 Å². The summed E-state index contributed by atoms with van der Waals surface area (Å²) in [7, 11) is -0.0643. The zero-order chi connectivity index (χ0) is 15.5. The van der Waals surface area contributed by atoms with Gasteiger partial charge in [-0.15, -0.1) is 0 Å². The molecule has 0 aliphatic carbocycles. The number of aryl methyl sites for hydroxylation is 1. The van der Waals surface area contributed by atoms with Crippen molar-refractivity contribution < 1.29 is 13.5 Å². The first-order chi connectivity index (χ1) is 9.92. The summed E-state index contributed by atoms with van der Waals surface area (Å²) in [6.07, 6.45) is 3.42. The van der Waals surface area contributed by atoms with Crippen LogP contribution in [0.25, 0.3) is 0 Å². The van der Waals surface area contributed by atoms with Gasteiger partial charge in [-0.05, 0) is 11.1 Å². The van der Waals surface area contributed by atoms with Gasteiger partial charge in [0.15, 0.2) is 0 Å². The van der Waals surface area contributed by atoms with Crippen LogP contribution in [0.2, 0.25) is 0 Å². The highest BCUT2D eigenvalue weighted by atomic mass is 32.2. The van der Waals surface area contributed by atoms with Crippen molar-refractivity contribution in [2.75, 3.05) is 7.05 Å². The van der Waals surface area contributed by atoms with Crippen molar-refractivity contribution in [3.63, 3.8) is 0 Å². The second kappa shape index (κ2) is 6.38. The van der Waals surface area contributed by atoms with Crippen molar-refractivity contribution in [2.45, 2.75) is 18.9 Å². The first-order valence-electron chi connectivity index (χ1n) is 6.51. The van der Waals surface area contributed by atoms with Gasteiger partial charge in [0.1, 0.15) is 5.82 Å². The highest BCUT2D eigenvalue weighted by Gasteiger charge is 2.20. The molecule has 0 aliphatic heterocycles. The van der Waals surface area contributed by atoms with Gasteiger partial charge in [0, 0.05) is 26.5 Å². The van der Waals surface area contributed by atoms with Gasteiger partial charge in [0.25, 0.3) is 0 Å². The molecule has 0 spiro atoms. The third-order valence-electron chi connectivity index (χ3n) is 3.28. The van der Waals surface area contributed by atoms with E-state index >= 15 is 0 Å². The van der Waals surface area contributed by atoms with Crippen molar-refractivity contribution >= 4 is 10.0 Å². The fourth-order valence-corrected chi connectivity index (χ4v) is 3.12. The third-order valence-corrected chi connectivity index (χ3v) is 5.06. The molecular weight excluding hydrogens is 290 g/mol. The molecule has 0 radical (unpaired) electrons. The summed E-state index contributed by atoms with van der Waals surface area (Å²) in [5, 5.41) is 9.10. The van der Waals surface area contributed by atoms with Crippen molar-refractivity contribution in [1.29, 1.82) is 0 Å². The molecule has 1 aromatic carbocycles. The van der Waals surface area contributed by atoms with Crippen molar-refractivity contribution in [2.24, 2.45) is 7.05 Å².